The second-order valence-corrected chi connectivity index (χ2v) is 8.33. The molecular weight excluding hydrogens is 431 g/mol. The predicted octanol–water partition coefficient (Wildman–Crippen LogP) is 3.78. The molecule has 0 saturated carbocycles. The Morgan fingerprint density at radius 3 is 2.29 bits per heavy atom. The maximum Gasteiger partial charge on any atom is 0.173 e. The number of hydrogen-bond donors (Lipinski definition) is 0. The van der Waals surface area contributed by atoms with Crippen LogP contribution in [-0.2, 0) is 6.54 Å². The van der Waals surface area contributed by atoms with Crippen LogP contribution in [0, 0.1) is 5.82 Å². The third-order valence-corrected chi connectivity index (χ3v) is 6.28. The van der Waals surface area contributed by atoms with Gasteiger partial charge in [-0.15, -0.1) is 5.10 Å². The van der Waals surface area contributed by atoms with Gasteiger partial charge in [-0.05, 0) is 45.8 Å². The van der Waals surface area contributed by atoms with Crippen LogP contribution in [0.2, 0.25) is 0 Å². The van der Waals surface area contributed by atoms with Crippen LogP contribution in [0.1, 0.15) is 23.0 Å². The van der Waals surface area contributed by atoms with Gasteiger partial charge in [0.15, 0.2) is 5.82 Å². The number of halogens is 1. The Kier molecular flexibility index (Phi) is 6.49. The second-order valence-electron chi connectivity index (χ2n) is 8.33. The van der Waals surface area contributed by atoms with Crippen LogP contribution in [0.15, 0.2) is 78.9 Å². The zero-order chi connectivity index (χ0) is 23.3. The third-order valence-electron chi connectivity index (χ3n) is 6.28. The first kappa shape index (κ1) is 22.0. The number of nitrogens with zero attached hydrogens (tertiary/aromatic N) is 6. The molecule has 3 aromatic carbocycles. The van der Waals surface area contributed by atoms with Crippen molar-refractivity contribution in [2.45, 2.75) is 12.6 Å². The van der Waals surface area contributed by atoms with Gasteiger partial charge in [0.1, 0.15) is 11.6 Å². The molecule has 1 saturated heterocycles. The first-order valence-corrected chi connectivity index (χ1v) is 11.4. The van der Waals surface area contributed by atoms with Gasteiger partial charge < -0.3 is 9.64 Å². The first-order valence-electron chi connectivity index (χ1n) is 11.4. The first-order chi connectivity index (χ1) is 16.7. The normalized spacial score (nSPS) is 15.3. The maximum absolute atomic E-state index is 14.3. The van der Waals surface area contributed by atoms with E-state index >= 15 is 0 Å². The summed E-state index contributed by atoms with van der Waals surface area (Å²) >= 11 is 0. The molecule has 0 radical (unpaired) electrons. The zero-order valence-corrected chi connectivity index (χ0v) is 19.1. The highest BCUT2D eigenvalue weighted by atomic mass is 19.1. The molecular formula is C26H27FN6O. The number of hydrogen-bond acceptors (Lipinski definition) is 6. The molecule has 8 heteroatoms. The van der Waals surface area contributed by atoms with Crippen molar-refractivity contribution in [3.8, 4) is 5.75 Å². The highest BCUT2D eigenvalue weighted by molar-refractivity contribution is 5.48. The van der Waals surface area contributed by atoms with Crippen LogP contribution >= 0.6 is 0 Å². The van der Waals surface area contributed by atoms with E-state index in [2.05, 4.69) is 37.5 Å². The summed E-state index contributed by atoms with van der Waals surface area (Å²) in [6.07, 6.45) is 0. The molecule has 7 nitrogen and oxygen atoms in total. The minimum absolute atomic E-state index is 0.0998. The summed E-state index contributed by atoms with van der Waals surface area (Å²) in [4.78, 5) is 4.48. The van der Waals surface area contributed by atoms with E-state index in [9.17, 15) is 4.39 Å². The Balaban J connectivity index is 1.40. The number of benzene rings is 3. The molecule has 0 unspecified atom stereocenters. The minimum Gasteiger partial charge on any atom is -0.497 e. The van der Waals surface area contributed by atoms with E-state index in [1.165, 1.54) is 6.07 Å². The number of aromatic nitrogens is 4. The van der Waals surface area contributed by atoms with E-state index in [1.54, 1.807) is 13.2 Å². The summed E-state index contributed by atoms with van der Waals surface area (Å²) < 4.78 is 21.5. The Labute approximate surface area is 198 Å². The predicted molar refractivity (Wildman–Crippen MR) is 128 cm³/mol. The van der Waals surface area contributed by atoms with Crippen LogP contribution < -0.4 is 9.64 Å². The van der Waals surface area contributed by atoms with Crippen LogP contribution in [0.5, 0.6) is 5.75 Å². The fourth-order valence-electron chi connectivity index (χ4n) is 4.51. The molecule has 2 heterocycles. The van der Waals surface area contributed by atoms with Gasteiger partial charge in [0.05, 0.1) is 25.4 Å². The molecule has 0 spiro atoms. The lowest BCUT2D eigenvalue weighted by molar-refractivity contribution is 0.201. The fraction of sp³-hybridized carbons (Fsp3) is 0.269. The van der Waals surface area contributed by atoms with E-state index in [0.29, 0.717) is 12.2 Å². The van der Waals surface area contributed by atoms with Crippen molar-refractivity contribution in [2.24, 2.45) is 0 Å². The SMILES string of the molecule is COc1ccc(Cn2nnnc2[C@H](c2ccccc2)N2CCN(c3ccccc3F)CC2)cc1. The van der Waals surface area contributed by atoms with E-state index in [-0.39, 0.29) is 11.9 Å². The lowest BCUT2D eigenvalue weighted by atomic mass is 10.0. The van der Waals surface area contributed by atoms with E-state index in [4.69, 9.17) is 4.74 Å². The van der Waals surface area contributed by atoms with Gasteiger partial charge in [-0.2, -0.15) is 0 Å². The van der Waals surface area contributed by atoms with Gasteiger partial charge in [-0.25, -0.2) is 9.07 Å². The average Bonchev–Trinajstić information content (AvgIpc) is 3.33. The Morgan fingerprint density at radius 1 is 0.882 bits per heavy atom. The smallest absolute Gasteiger partial charge is 0.173 e. The molecule has 1 aliphatic heterocycles. The zero-order valence-electron chi connectivity index (χ0n) is 19.1. The number of tetrazole rings is 1. The summed E-state index contributed by atoms with van der Waals surface area (Å²) in [6.45, 7) is 3.55. The minimum atomic E-state index is -0.181. The lowest BCUT2D eigenvalue weighted by Crippen LogP contribution is -2.48. The number of anilines is 1. The van der Waals surface area contributed by atoms with Crippen molar-refractivity contribution in [1.82, 2.24) is 25.1 Å². The number of ether oxygens (including phenoxy) is 1. The number of methoxy groups -OCH3 is 1. The van der Waals surface area contributed by atoms with Crippen molar-refractivity contribution in [3.05, 3.63) is 102 Å². The van der Waals surface area contributed by atoms with E-state index < -0.39 is 0 Å². The van der Waals surface area contributed by atoms with E-state index in [0.717, 1.165) is 48.9 Å². The number of piperazine rings is 1. The van der Waals surface area contributed by atoms with Crippen LogP contribution in [0.3, 0.4) is 0 Å². The standard InChI is InChI=1S/C26H27FN6O/c1-34-22-13-11-20(12-14-22)19-33-26(28-29-30-33)25(21-7-3-2-4-8-21)32-17-15-31(16-18-32)24-10-6-5-9-23(24)27/h2-14,25H,15-19H2,1H3/t25-/m0/s1. The topological polar surface area (TPSA) is 59.3 Å². The number of rotatable bonds is 7. The quantitative estimate of drug-likeness (QED) is 0.420. The summed E-state index contributed by atoms with van der Waals surface area (Å²) in [6, 6.07) is 25.1. The largest absolute Gasteiger partial charge is 0.497 e. The van der Waals surface area contributed by atoms with Crippen molar-refractivity contribution < 1.29 is 9.13 Å². The Morgan fingerprint density at radius 2 is 1.59 bits per heavy atom. The molecule has 0 aliphatic carbocycles. The molecule has 4 aromatic rings. The molecule has 174 valence electrons. The monoisotopic (exact) mass is 458 g/mol. The van der Waals surface area contributed by atoms with Gasteiger partial charge in [0, 0.05) is 26.2 Å². The van der Waals surface area contributed by atoms with Crippen LogP contribution in [0.25, 0.3) is 0 Å². The summed E-state index contributed by atoms with van der Waals surface area (Å²) in [7, 11) is 1.66. The summed E-state index contributed by atoms with van der Waals surface area (Å²) in [5.41, 5.74) is 2.88. The molecule has 1 aliphatic rings. The van der Waals surface area contributed by atoms with Crippen molar-refractivity contribution in [1.29, 1.82) is 0 Å². The lowest BCUT2D eigenvalue weighted by Gasteiger charge is -2.40. The number of para-hydroxylation sites is 1. The van der Waals surface area contributed by atoms with Crippen LogP contribution in [0.4, 0.5) is 10.1 Å². The van der Waals surface area contributed by atoms with Gasteiger partial charge in [0.2, 0.25) is 0 Å². The van der Waals surface area contributed by atoms with Gasteiger partial charge in [-0.1, -0.05) is 54.6 Å². The van der Waals surface area contributed by atoms with E-state index in [1.807, 2.05) is 59.3 Å². The van der Waals surface area contributed by atoms with Crippen molar-refractivity contribution >= 4 is 5.69 Å². The third kappa shape index (κ3) is 4.63. The van der Waals surface area contributed by atoms with Crippen molar-refractivity contribution in [2.75, 3.05) is 38.2 Å². The molecule has 1 aromatic heterocycles. The Hall–Kier alpha value is -3.78. The fourth-order valence-corrected chi connectivity index (χ4v) is 4.51. The second kappa shape index (κ2) is 10.0. The van der Waals surface area contributed by atoms with Gasteiger partial charge >= 0.3 is 0 Å². The van der Waals surface area contributed by atoms with Crippen molar-refractivity contribution in [3.63, 3.8) is 0 Å². The van der Waals surface area contributed by atoms with Crippen LogP contribution in [-0.4, -0.2) is 58.4 Å². The Bertz CT molecular complexity index is 1210. The molecule has 0 N–H and O–H groups in total. The summed E-state index contributed by atoms with van der Waals surface area (Å²) in [5, 5.41) is 12.8. The summed E-state index contributed by atoms with van der Waals surface area (Å²) in [5.74, 6) is 1.43. The maximum atomic E-state index is 14.3. The molecule has 5 rings (SSSR count). The molecule has 1 atom stereocenters. The average molecular weight is 459 g/mol. The highest BCUT2D eigenvalue weighted by Gasteiger charge is 2.31. The molecule has 0 bridgehead atoms. The molecule has 34 heavy (non-hydrogen) atoms. The highest BCUT2D eigenvalue weighted by Crippen LogP contribution is 2.30. The van der Waals surface area contributed by atoms with Gasteiger partial charge in [0.25, 0.3) is 0 Å². The molecule has 1 fully saturated rings. The molecule has 0 amide bonds. The van der Waals surface area contributed by atoms with Gasteiger partial charge in [-0.3, -0.25) is 4.90 Å².